The topological polar surface area (TPSA) is 44.5 Å². The molecule has 0 amide bonds. The van der Waals surface area contributed by atoms with Crippen molar-refractivity contribution in [1.29, 1.82) is 0 Å². The molecular weight excluding hydrogens is 452 g/mol. The molecule has 2 aliphatic heterocycles. The summed E-state index contributed by atoms with van der Waals surface area (Å²) in [5.41, 5.74) is 2.95. The summed E-state index contributed by atoms with van der Waals surface area (Å²) in [7, 11) is 0. The summed E-state index contributed by atoms with van der Waals surface area (Å²) < 4.78 is 6.08. The fraction of sp³-hybridized carbons (Fsp3) is 0.385. The first kappa shape index (κ1) is 22.2. The van der Waals surface area contributed by atoms with E-state index in [1.165, 1.54) is 6.42 Å². The van der Waals surface area contributed by atoms with E-state index in [0.717, 1.165) is 46.7 Å². The number of thiocarbonyl (C=S) groups is 1. The molecule has 4 heterocycles. The van der Waals surface area contributed by atoms with E-state index in [0.29, 0.717) is 16.9 Å². The second-order valence-corrected chi connectivity index (χ2v) is 10.2. The van der Waals surface area contributed by atoms with Gasteiger partial charge in [-0.05, 0) is 79.9 Å². The van der Waals surface area contributed by atoms with E-state index in [4.69, 9.17) is 28.2 Å². The fourth-order valence-corrected chi connectivity index (χ4v) is 5.94. The molecule has 33 heavy (non-hydrogen) atoms. The number of aryl methyl sites for hydroxylation is 1. The smallest absolute Gasteiger partial charge is 0.174 e. The zero-order valence-electron chi connectivity index (χ0n) is 19.2. The van der Waals surface area contributed by atoms with Gasteiger partial charge in [0.2, 0.25) is 0 Å². The Morgan fingerprint density at radius 2 is 1.88 bits per heavy atom. The number of piperidine rings is 1. The number of anilines is 2. The quantitative estimate of drug-likeness (QED) is 0.442. The van der Waals surface area contributed by atoms with E-state index in [1.54, 1.807) is 6.20 Å². The zero-order chi connectivity index (χ0) is 23.1. The number of nitrogens with zero attached hydrogens (tertiary/aromatic N) is 3. The molecule has 0 radical (unpaired) electrons. The van der Waals surface area contributed by atoms with Crippen LogP contribution in [0.2, 0.25) is 5.02 Å². The van der Waals surface area contributed by atoms with Gasteiger partial charge in [-0.1, -0.05) is 31.5 Å². The summed E-state index contributed by atoms with van der Waals surface area (Å²) in [6, 6.07) is 15.9. The Morgan fingerprint density at radius 1 is 1.09 bits per heavy atom. The van der Waals surface area contributed by atoms with Gasteiger partial charge in [0.25, 0.3) is 0 Å². The molecule has 2 aromatic heterocycles. The van der Waals surface area contributed by atoms with Crippen molar-refractivity contribution in [2.24, 2.45) is 11.8 Å². The molecule has 2 fully saturated rings. The van der Waals surface area contributed by atoms with E-state index in [-0.39, 0.29) is 12.1 Å². The molecule has 1 N–H and O–H groups in total. The minimum atomic E-state index is -0.168. The highest BCUT2D eigenvalue weighted by atomic mass is 35.5. The van der Waals surface area contributed by atoms with Gasteiger partial charge in [-0.25, -0.2) is 0 Å². The first-order valence-electron chi connectivity index (χ1n) is 11.5. The van der Waals surface area contributed by atoms with Crippen molar-refractivity contribution in [1.82, 2.24) is 10.3 Å². The SMILES string of the molecule is Cc1ccc([C@@H]2[C@H](c3ccccn3)NC(=S)N2c2ccc(N3C[C@@H](C)C[C@H](C)C3)c(Cl)c2)o1. The van der Waals surface area contributed by atoms with Gasteiger partial charge in [-0.2, -0.15) is 0 Å². The summed E-state index contributed by atoms with van der Waals surface area (Å²) in [6.07, 6.45) is 3.07. The minimum absolute atomic E-state index is 0.133. The van der Waals surface area contributed by atoms with Crippen LogP contribution < -0.4 is 15.1 Å². The van der Waals surface area contributed by atoms with Crippen LogP contribution in [-0.2, 0) is 0 Å². The van der Waals surface area contributed by atoms with Gasteiger partial charge < -0.3 is 19.5 Å². The molecular formula is C26H29ClN4OS. The summed E-state index contributed by atoms with van der Waals surface area (Å²) in [5.74, 6) is 3.02. The Labute approximate surface area is 205 Å². The summed E-state index contributed by atoms with van der Waals surface area (Å²) in [4.78, 5) is 9.10. The highest BCUT2D eigenvalue weighted by Crippen LogP contribution is 2.43. The molecule has 7 heteroatoms. The Bertz CT molecular complexity index is 1140. The highest BCUT2D eigenvalue weighted by molar-refractivity contribution is 7.80. The van der Waals surface area contributed by atoms with Crippen LogP contribution in [0.5, 0.6) is 0 Å². The molecule has 0 bridgehead atoms. The van der Waals surface area contributed by atoms with Crippen LogP contribution in [0.15, 0.2) is 59.1 Å². The van der Waals surface area contributed by atoms with Crippen molar-refractivity contribution < 1.29 is 4.42 Å². The number of nitrogens with one attached hydrogen (secondary N) is 1. The number of hydrogen-bond acceptors (Lipinski definition) is 4. The Hall–Kier alpha value is -2.57. The lowest BCUT2D eigenvalue weighted by molar-refractivity contribution is 0.357. The van der Waals surface area contributed by atoms with Crippen LogP contribution >= 0.6 is 23.8 Å². The molecule has 172 valence electrons. The predicted molar refractivity (Wildman–Crippen MR) is 138 cm³/mol. The molecule has 5 rings (SSSR count). The first-order chi connectivity index (χ1) is 15.9. The van der Waals surface area contributed by atoms with Gasteiger partial charge in [-0.15, -0.1) is 0 Å². The van der Waals surface area contributed by atoms with E-state index in [2.05, 4.69) is 46.1 Å². The molecule has 2 aliphatic rings. The maximum atomic E-state index is 6.87. The van der Waals surface area contributed by atoms with E-state index < -0.39 is 0 Å². The van der Waals surface area contributed by atoms with Gasteiger partial charge in [-0.3, -0.25) is 4.98 Å². The van der Waals surface area contributed by atoms with Crippen LogP contribution in [-0.4, -0.2) is 23.2 Å². The first-order valence-corrected chi connectivity index (χ1v) is 12.3. The van der Waals surface area contributed by atoms with Gasteiger partial charge >= 0.3 is 0 Å². The fourth-order valence-electron chi connectivity index (χ4n) is 5.30. The average molecular weight is 481 g/mol. The molecule has 0 spiro atoms. The van der Waals surface area contributed by atoms with Crippen LogP contribution in [0.3, 0.4) is 0 Å². The third-order valence-corrected chi connectivity index (χ3v) is 7.19. The Kier molecular flexibility index (Phi) is 6.06. The van der Waals surface area contributed by atoms with E-state index in [9.17, 15) is 0 Å². The van der Waals surface area contributed by atoms with Crippen molar-refractivity contribution in [3.8, 4) is 0 Å². The molecule has 4 atom stereocenters. The largest absolute Gasteiger partial charge is 0.464 e. The van der Waals surface area contributed by atoms with Crippen LogP contribution in [0.4, 0.5) is 11.4 Å². The van der Waals surface area contributed by atoms with Gasteiger partial charge in [0.05, 0.1) is 22.4 Å². The van der Waals surface area contributed by atoms with Gasteiger partial charge in [0.1, 0.15) is 17.6 Å². The maximum absolute atomic E-state index is 6.87. The number of rotatable bonds is 4. The number of furan rings is 1. The lowest BCUT2D eigenvalue weighted by Crippen LogP contribution is -2.38. The van der Waals surface area contributed by atoms with Crippen molar-refractivity contribution in [2.45, 2.75) is 39.3 Å². The maximum Gasteiger partial charge on any atom is 0.174 e. The third-order valence-electron chi connectivity index (χ3n) is 6.57. The molecule has 2 saturated heterocycles. The average Bonchev–Trinajstić information content (AvgIpc) is 3.36. The number of hydrogen-bond donors (Lipinski definition) is 1. The third kappa shape index (κ3) is 4.34. The molecule has 3 aromatic rings. The number of halogens is 1. The van der Waals surface area contributed by atoms with Crippen LogP contribution in [0.1, 0.15) is 49.6 Å². The molecule has 1 aromatic carbocycles. The Morgan fingerprint density at radius 3 is 2.52 bits per heavy atom. The van der Waals surface area contributed by atoms with Crippen LogP contribution in [0.25, 0.3) is 0 Å². The predicted octanol–water partition coefficient (Wildman–Crippen LogP) is 6.30. The van der Waals surface area contributed by atoms with Crippen molar-refractivity contribution >= 4 is 40.3 Å². The van der Waals surface area contributed by atoms with Crippen LogP contribution in [0, 0.1) is 18.8 Å². The van der Waals surface area contributed by atoms with E-state index in [1.807, 2.05) is 43.3 Å². The number of benzene rings is 1. The molecule has 0 saturated carbocycles. The van der Waals surface area contributed by atoms with Gasteiger partial charge in [0.15, 0.2) is 5.11 Å². The number of aromatic nitrogens is 1. The summed E-state index contributed by atoms with van der Waals surface area (Å²) in [6.45, 7) is 8.64. The standard InChI is InChI=1S/C26H29ClN4OS/c1-16-12-17(2)15-30(14-16)22-9-8-19(13-20(22)27)31-25(23-10-7-18(3)32-23)24(29-26(31)33)21-6-4-5-11-28-21/h4-11,13,16-17,24-25H,12,14-15H2,1-3H3,(H,29,33)/t16-,17-,24-,25+/m0/s1. The van der Waals surface area contributed by atoms with Crippen molar-refractivity contribution in [2.75, 3.05) is 22.9 Å². The van der Waals surface area contributed by atoms with E-state index >= 15 is 0 Å². The zero-order valence-corrected chi connectivity index (χ0v) is 20.7. The van der Waals surface area contributed by atoms with Crippen molar-refractivity contribution in [3.05, 3.63) is 77.0 Å². The summed E-state index contributed by atoms with van der Waals surface area (Å²) >= 11 is 12.7. The second kappa shape index (κ2) is 8.99. The lowest BCUT2D eigenvalue weighted by Gasteiger charge is -2.37. The molecule has 0 aliphatic carbocycles. The highest BCUT2D eigenvalue weighted by Gasteiger charge is 2.42. The lowest BCUT2D eigenvalue weighted by atomic mass is 9.91. The number of pyridine rings is 1. The van der Waals surface area contributed by atoms with Crippen molar-refractivity contribution in [3.63, 3.8) is 0 Å². The Balaban J connectivity index is 1.51. The monoisotopic (exact) mass is 480 g/mol. The molecule has 0 unspecified atom stereocenters. The molecule has 5 nitrogen and oxygen atoms in total. The van der Waals surface area contributed by atoms with Gasteiger partial charge in [0, 0.05) is 25.0 Å². The summed E-state index contributed by atoms with van der Waals surface area (Å²) in [5, 5.41) is 4.84. The minimum Gasteiger partial charge on any atom is -0.464 e. The normalized spacial score (nSPS) is 25.4. The second-order valence-electron chi connectivity index (χ2n) is 9.43.